The van der Waals surface area contributed by atoms with E-state index in [-0.39, 0.29) is 29.1 Å². The van der Waals surface area contributed by atoms with Crippen molar-refractivity contribution in [2.45, 2.75) is 50.4 Å². The Morgan fingerprint density at radius 3 is 2.41 bits per heavy atom. The number of benzene rings is 1. The highest BCUT2D eigenvalue weighted by molar-refractivity contribution is 8.06. The van der Waals surface area contributed by atoms with Gasteiger partial charge in [0.1, 0.15) is 5.75 Å². The number of carboxylic acids is 1. The standard InChI is InChI=1S/C22H26Cl2N2O5S/c1-12-10-15(31-14-4-2-13(3-5-14)22(29)30)6-7-16(12)20(27)25-8-9-26-21(28)18-11-17(23)19(24)32-18/h6-7,10,13-14,18H,2-5,8-9,11H2,1H3,(H,25,27)(H,26,28)(H,29,30)/t13-,14+,18?. The molecule has 1 fully saturated rings. The van der Waals surface area contributed by atoms with Gasteiger partial charge in [-0.15, -0.1) is 0 Å². The summed E-state index contributed by atoms with van der Waals surface area (Å²) < 4.78 is 6.45. The minimum atomic E-state index is -0.738. The predicted molar refractivity (Wildman–Crippen MR) is 125 cm³/mol. The second kappa shape index (κ2) is 11.3. The van der Waals surface area contributed by atoms with Gasteiger partial charge in [-0.05, 0) is 56.4 Å². The van der Waals surface area contributed by atoms with Crippen molar-refractivity contribution in [3.8, 4) is 5.75 Å². The van der Waals surface area contributed by atoms with E-state index in [9.17, 15) is 14.4 Å². The summed E-state index contributed by atoms with van der Waals surface area (Å²) in [5.74, 6) is -0.736. The fraction of sp³-hybridized carbons (Fsp3) is 0.500. The minimum Gasteiger partial charge on any atom is -0.490 e. The molecule has 174 valence electrons. The maximum absolute atomic E-state index is 12.5. The lowest BCUT2D eigenvalue weighted by Gasteiger charge is -2.27. The summed E-state index contributed by atoms with van der Waals surface area (Å²) in [5, 5.41) is 14.8. The number of aliphatic carboxylic acids is 1. The quantitative estimate of drug-likeness (QED) is 0.465. The van der Waals surface area contributed by atoms with Crippen molar-refractivity contribution in [3.05, 3.63) is 38.7 Å². The van der Waals surface area contributed by atoms with E-state index >= 15 is 0 Å². The number of rotatable bonds is 8. The first-order valence-corrected chi connectivity index (χ1v) is 12.1. The van der Waals surface area contributed by atoms with Crippen LogP contribution in [0.1, 0.15) is 48.0 Å². The summed E-state index contributed by atoms with van der Waals surface area (Å²) >= 11 is 13.1. The second-order valence-electron chi connectivity index (χ2n) is 7.94. The third kappa shape index (κ3) is 6.56. The zero-order chi connectivity index (χ0) is 23.3. The number of halogens is 2. The Morgan fingerprint density at radius 1 is 1.12 bits per heavy atom. The van der Waals surface area contributed by atoms with Crippen molar-refractivity contribution in [1.29, 1.82) is 0 Å². The Labute approximate surface area is 201 Å². The molecular weight excluding hydrogens is 475 g/mol. The largest absolute Gasteiger partial charge is 0.490 e. The van der Waals surface area contributed by atoms with Crippen LogP contribution in [0.5, 0.6) is 5.75 Å². The summed E-state index contributed by atoms with van der Waals surface area (Å²) in [4.78, 5) is 35.7. The van der Waals surface area contributed by atoms with Crippen molar-refractivity contribution in [2.75, 3.05) is 13.1 Å². The van der Waals surface area contributed by atoms with Gasteiger partial charge in [0.05, 0.1) is 21.6 Å². The molecule has 32 heavy (non-hydrogen) atoms. The number of hydrogen-bond donors (Lipinski definition) is 3. The average molecular weight is 501 g/mol. The SMILES string of the molecule is Cc1cc(O[C@H]2CC[C@@H](C(=O)O)CC2)ccc1C(=O)NCCNC(=O)C1CC(Cl)=C(Cl)S1. The van der Waals surface area contributed by atoms with Crippen molar-refractivity contribution in [1.82, 2.24) is 10.6 Å². The van der Waals surface area contributed by atoms with Crippen LogP contribution in [0.2, 0.25) is 0 Å². The Morgan fingerprint density at radius 2 is 1.81 bits per heavy atom. The number of amides is 2. The van der Waals surface area contributed by atoms with Crippen LogP contribution in [-0.4, -0.2) is 47.3 Å². The van der Waals surface area contributed by atoms with Gasteiger partial charge in [0.2, 0.25) is 5.91 Å². The Hall–Kier alpha value is -1.90. The second-order valence-corrected chi connectivity index (χ2v) is 10.2. The molecule has 1 saturated carbocycles. The third-order valence-corrected chi connectivity index (χ3v) is 7.76. The molecule has 0 bridgehead atoms. The van der Waals surface area contributed by atoms with Crippen molar-refractivity contribution >= 4 is 52.7 Å². The molecule has 1 aromatic rings. The first-order valence-electron chi connectivity index (χ1n) is 10.5. The van der Waals surface area contributed by atoms with Crippen molar-refractivity contribution in [3.63, 3.8) is 0 Å². The lowest BCUT2D eigenvalue weighted by atomic mass is 9.87. The molecular formula is C22H26Cl2N2O5S. The van der Waals surface area contributed by atoms with E-state index in [2.05, 4.69) is 10.6 Å². The maximum atomic E-state index is 12.5. The molecule has 2 aliphatic rings. The molecule has 0 spiro atoms. The Kier molecular flexibility index (Phi) is 8.73. The number of hydrogen-bond acceptors (Lipinski definition) is 5. The molecule has 2 amide bonds. The van der Waals surface area contributed by atoms with E-state index in [4.69, 9.17) is 33.0 Å². The van der Waals surface area contributed by atoms with Crippen LogP contribution in [-0.2, 0) is 9.59 Å². The van der Waals surface area contributed by atoms with Gasteiger partial charge >= 0.3 is 5.97 Å². The van der Waals surface area contributed by atoms with Gasteiger partial charge in [0.25, 0.3) is 5.91 Å². The monoisotopic (exact) mass is 500 g/mol. The number of ether oxygens (including phenoxy) is 1. The van der Waals surface area contributed by atoms with Gasteiger partial charge in [-0.3, -0.25) is 14.4 Å². The van der Waals surface area contributed by atoms with Crippen LogP contribution in [0.25, 0.3) is 0 Å². The predicted octanol–water partition coefficient (Wildman–Crippen LogP) is 4.02. The van der Waals surface area contributed by atoms with E-state index in [1.807, 2.05) is 13.0 Å². The minimum absolute atomic E-state index is 0.00807. The number of nitrogens with one attached hydrogen (secondary N) is 2. The molecule has 3 N–H and O–H groups in total. The first kappa shape index (κ1) is 24.7. The number of allylic oxidation sites excluding steroid dienone is 1. The van der Waals surface area contributed by atoms with Gasteiger partial charge in [0.15, 0.2) is 0 Å². The highest BCUT2D eigenvalue weighted by Crippen LogP contribution is 2.41. The zero-order valence-electron chi connectivity index (χ0n) is 17.7. The molecule has 1 heterocycles. The van der Waals surface area contributed by atoms with Crippen LogP contribution in [0.3, 0.4) is 0 Å². The molecule has 1 aliphatic carbocycles. The van der Waals surface area contributed by atoms with Gasteiger partial charge in [-0.2, -0.15) is 0 Å². The molecule has 7 nitrogen and oxygen atoms in total. The van der Waals surface area contributed by atoms with Crippen molar-refractivity contribution < 1.29 is 24.2 Å². The van der Waals surface area contributed by atoms with Gasteiger partial charge in [-0.1, -0.05) is 35.0 Å². The topological polar surface area (TPSA) is 105 Å². The average Bonchev–Trinajstić information content (AvgIpc) is 3.10. The van der Waals surface area contributed by atoms with Crippen LogP contribution >= 0.6 is 35.0 Å². The molecule has 0 aromatic heterocycles. The van der Waals surface area contributed by atoms with Crippen LogP contribution in [0.15, 0.2) is 27.6 Å². The fourth-order valence-corrected chi connectivity index (χ4v) is 5.46. The lowest BCUT2D eigenvalue weighted by Crippen LogP contribution is -2.38. The number of carbonyl (C=O) groups is 3. The summed E-state index contributed by atoms with van der Waals surface area (Å²) in [6.07, 6.45) is 3.05. The summed E-state index contributed by atoms with van der Waals surface area (Å²) in [7, 11) is 0. The summed E-state index contributed by atoms with van der Waals surface area (Å²) in [6, 6.07) is 5.29. The smallest absolute Gasteiger partial charge is 0.306 e. The van der Waals surface area contributed by atoms with E-state index in [1.165, 1.54) is 11.8 Å². The number of thioether (sulfide) groups is 1. The van der Waals surface area contributed by atoms with Gasteiger partial charge in [0, 0.05) is 30.1 Å². The van der Waals surface area contributed by atoms with Crippen LogP contribution in [0.4, 0.5) is 0 Å². The van der Waals surface area contributed by atoms with Gasteiger partial charge < -0.3 is 20.5 Å². The molecule has 3 rings (SSSR count). The molecule has 1 aromatic carbocycles. The van der Waals surface area contributed by atoms with Gasteiger partial charge in [-0.25, -0.2) is 0 Å². The number of aryl methyl sites for hydroxylation is 1. The maximum Gasteiger partial charge on any atom is 0.306 e. The summed E-state index contributed by atoms with van der Waals surface area (Å²) in [5.41, 5.74) is 1.31. The Balaban J connectivity index is 1.41. The number of carbonyl (C=O) groups excluding carboxylic acids is 2. The lowest BCUT2D eigenvalue weighted by molar-refractivity contribution is -0.143. The Bertz CT molecular complexity index is 902. The van der Waals surface area contributed by atoms with E-state index in [0.29, 0.717) is 65.9 Å². The normalized spacial score (nSPS) is 23.0. The van der Waals surface area contributed by atoms with E-state index in [0.717, 1.165) is 5.56 Å². The fourth-order valence-electron chi connectivity index (χ4n) is 3.77. The highest BCUT2D eigenvalue weighted by Gasteiger charge is 2.29. The summed E-state index contributed by atoms with van der Waals surface area (Å²) in [6.45, 7) is 2.43. The molecule has 1 atom stereocenters. The first-order chi connectivity index (χ1) is 15.2. The van der Waals surface area contributed by atoms with E-state index in [1.54, 1.807) is 12.1 Å². The van der Waals surface area contributed by atoms with Crippen LogP contribution in [0, 0.1) is 12.8 Å². The zero-order valence-corrected chi connectivity index (χ0v) is 20.0. The molecule has 1 aliphatic heterocycles. The highest BCUT2D eigenvalue weighted by atomic mass is 35.5. The molecule has 10 heteroatoms. The molecule has 1 unspecified atom stereocenters. The third-order valence-electron chi connectivity index (χ3n) is 5.59. The molecule has 0 saturated heterocycles. The van der Waals surface area contributed by atoms with E-state index < -0.39 is 5.97 Å². The van der Waals surface area contributed by atoms with Crippen molar-refractivity contribution in [2.24, 2.45) is 5.92 Å². The van der Waals surface area contributed by atoms with Crippen LogP contribution < -0.4 is 15.4 Å². The molecule has 0 radical (unpaired) electrons. The number of carboxylic acid groups (broad SMARTS) is 1.